The van der Waals surface area contributed by atoms with Gasteiger partial charge in [-0.05, 0) is 56.5 Å². The van der Waals surface area contributed by atoms with Crippen LogP contribution in [-0.2, 0) is 4.79 Å². The van der Waals surface area contributed by atoms with Crippen molar-refractivity contribution in [1.82, 2.24) is 5.43 Å². The van der Waals surface area contributed by atoms with Gasteiger partial charge >= 0.3 is 5.69 Å². The highest BCUT2D eigenvalue weighted by Gasteiger charge is 2.15. The van der Waals surface area contributed by atoms with Crippen molar-refractivity contribution >= 4 is 17.3 Å². The Morgan fingerprint density at radius 3 is 2.50 bits per heavy atom. The number of benzene rings is 2. The highest BCUT2D eigenvalue weighted by Crippen LogP contribution is 2.25. The number of hydrogen-bond acceptors (Lipinski definition) is 5. The lowest BCUT2D eigenvalue weighted by atomic mass is 9.98. The molecule has 0 bridgehead atoms. The van der Waals surface area contributed by atoms with Gasteiger partial charge in [0.05, 0.1) is 10.6 Å². The first-order valence-electron chi connectivity index (χ1n) is 8.07. The Bertz CT molecular complexity index is 875. The number of hydrogen-bond donors (Lipinski definition) is 1. The Hall–Kier alpha value is -3.22. The molecular weight excluding hydrogens is 334 g/mol. The van der Waals surface area contributed by atoms with Crippen LogP contribution in [0.1, 0.15) is 29.2 Å². The van der Waals surface area contributed by atoms with E-state index in [1.165, 1.54) is 23.8 Å². The van der Waals surface area contributed by atoms with E-state index >= 15 is 0 Å². The van der Waals surface area contributed by atoms with Crippen molar-refractivity contribution in [2.75, 3.05) is 6.61 Å². The Labute approximate surface area is 151 Å². The van der Waals surface area contributed by atoms with Crippen molar-refractivity contribution in [2.24, 2.45) is 5.10 Å². The molecule has 0 aliphatic carbocycles. The van der Waals surface area contributed by atoms with Crippen molar-refractivity contribution in [3.8, 4) is 5.75 Å². The molecule has 0 atom stereocenters. The Balaban J connectivity index is 2.01. The van der Waals surface area contributed by atoms with Crippen LogP contribution in [0.2, 0.25) is 0 Å². The summed E-state index contributed by atoms with van der Waals surface area (Å²) in [6.07, 6.45) is 0. The van der Waals surface area contributed by atoms with E-state index in [0.717, 1.165) is 16.7 Å². The average molecular weight is 355 g/mol. The average Bonchev–Trinajstić information content (AvgIpc) is 2.61. The molecule has 2 aromatic carbocycles. The summed E-state index contributed by atoms with van der Waals surface area (Å²) >= 11 is 0. The van der Waals surface area contributed by atoms with Crippen LogP contribution >= 0.6 is 0 Å². The zero-order valence-corrected chi connectivity index (χ0v) is 15.2. The molecule has 0 fully saturated rings. The summed E-state index contributed by atoms with van der Waals surface area (Å²) in [6, 6.07) is 9.99. The predicted molar refractivity (Wildman–Crippen MR) is 99.6 cm³/mol. The Kier molecular flexibility index (Phi) is 6.06. The van der Waals surface area contributed by atoms with Crippen LogP contribution in [0.5, 0.6) is 5.75 Å². The van der Waals surface area contributed by atoms with Crippen LogP contribution in [0.3, 0.4) is 0 Å². The van der Waals surface area contributed by atoms with Crippen molar-refractivity contribution in [3.05, 3.63) is 68.8 Å². The first-order chi connectivity index (χ1) is 12.3. The molecule has 0 saturated heterocycles. The molecule has 1 amide bonds. The summed E-state index contributed by atoms with van der Waals surface area (Å²) in [5, 5.41) is 15.0. The fourth-order valence-electron chi connectivity index (χ4n) is 2.46. The molecule has 0 aliphatic rings. The van der Waals surface area contributed by atoms with Crippen LogP contribution in [0.4, 0.5) is 5.69 Å². The standard InChI is InChI=1S/C19H21N3O4/c1-12-9-14(3)16(10-13(12)2)15(4)20-21-19(23)11-26-18-8-6-5-7-17(18)22(24)25/h5-10H,11H2,1-4H3,(H,21,23)/b20-15-. The number of aryl methyl sites for hydroxylation is 3. The number of carbonyl (C=O) groups excluding carboxylic acids is 1. The molecule has 0 saturated carbocycles. The smallest absolute Gasteiger partial charge is 0.310 e. The third kappa shape index (κ3) is 4.66. The molecular formula is C19H21N3O4. The molecule has 1 N–H and O–H groups in total. The van der Waals surface area contributed by atoms with Gasteiger partial charge in [0, 0.05) is 11.6 Å². The van der Waals surface area contributed by atoms with Gasteiger partial charge in [0.25, 0.3) is 5.91 Å². The van der Waals surface area contributed by atoms with E-state index in [0.29, 0.717) is 5.71 Å². The number of nitrogens with zero attached hydrogens (tertiary/aromatic N) is 2. The van der Waals surface area contributed by atoms with E-state index in [1.807, 2.05) is 26.8 Å². The van der Waals surface area contributed by atoms with Crippen LogP contribution in [0.15, 0.2) is 41.5 Å². The summed E-state index contributed by atoms with van der Waals surface area (Å²) < 4.78 is 5.23. The Morgan fingerprint density at radius 2 is 1.81 bits per heavy atom. The number of carbonyl (C=O) groups is 1. The van der Waals surface area contributed by atoms with Crippen LogP contribution < -0.4 is 10.2 Å². The molecule has 0 radical (unpaired) electrons. The predicted octanol–water partition coefficient (Wildman–Crippen LogP) is 3.44. The summed E-state index contributed by atoms with van der Waals surface area (Å²) in [4.78, 5) is 22.3. The normalized spacial score (nSPS) is 11.2. The number of nitro benzene ring substituents is 1. The molecule has 0 spiro atoms. The maximum atomic E-state index is 11.9. The fourth-order valence-corrected chi connectivity index (χ4v) is 2.46. The molecule has 0 unspecified atom stereocenters. The lowest BCUT2D eigenvalue weighted by molar-refractivity contribution is -0.385. The molecule has 26 heavy (non-hydrogen) atoms. The second-order valence-corrected chi connectivity index (χ2v) is 6.00. The second-order valence-electron chi connectivity index (χ2n) is 6.00. The summed E-state index contributed by atoms with van der Waals surface area (Å²) in [5.41, 5.74) is 7.26. The molecule has 136 valence electrons. The summed E-state index contributed by atoms with van der Waals surface area (Å²) in [5.74, 6) is -0.456. The molecule has 0 heterocycles. The highest BCUT2D eigenvalue weighted by atomic mass is 16.6. The highest BCUT2D eigenvalue weighted by molar-refractivity contribution is 6.00. The maximum Gasteiger partial charge on any atom is 0.310 e. The van der Waals surface area contributed by atoms with Gasteiger partial charge in [-0.1, -0.05) is 18.2 Å². The quantitative estimate of drug-likeness (QED) is 0.488. The number of ether oxygens (including phenoxy) is 1. The van der Waals surface area contributed by atoms with Gasteiger partial charge < -0.3 is 4.74 Å². The number of amides is 1. The molecule has 0 aromatic heterocycles. The maximum absolute atomic E-state index is 11.9. The Morgan fingerprint density at radius 1 is 1.15 bits per heavy atom. The molecule has 7 nitrogen and oxygen atoms in total. The van der Waals surface area contributed by atoms with Gasteiger partial charge in [-0.15, -0.1) is 0 Å². The van der Waals surface area contributed by atoms with Crippen LogP contribution in [0.25, 0.3) is 0 Å². The van der Waals surface area contributed by atoms with E-state index in [2.05, 4.69) is 16.6 Å². The van der Waals surface area contributed by atoms with Crippen molar-refractivity contribution < 1.29 is 14.5 Å². The van der Waals surface area contributed by atoms with Gasteiger partial charge in [-0.3, -0.25) is 14.9 Å². The monoisotopic (exact) mass is 355 g/mol. The van der Waals surface area contributed by atoms with Crippen molar-refractivity contribution in [1.29, 1.82) is 0 Å². The number of nitrogens with one attached hydrogen (secondary N) is 1. The van der Waals surface area contributed by atoms with Crippen molar-refractivity contribution in [3.63, 3.8) is 0 Å². The lowest BCUT2D eigenvalue weighted by Crippen LogP contribution is -2.26. The van der Waals surface area contributed by atoms with Gasteiger partial charge in [0.15, 0.2) is 12.4 Å². The SMILES string of the molecule is C/C(=N/NC(=O)COc1ccccc1[N+](=O)[O-])c1cc(C)c(C)cc1C. The summed E-state index contributed by atoms with van der Waals surface area (Å²) in [6.45, 7) is 7.49. The van der Waals surface area contributed by atoms with E-state index in [-0.39, 0.29) is 18.0 Å². The number of nitro groups is 1. The van der Waals surface area contributed by atoms with Gasteiger partial charge in [-0.25, -0.2) is 5.43 Å². The third-order valence-corrected chi connectivity index (χ3v) is 4.00. The van der Waals surface area contributed by atoms with E-state index in [4.69, 9.17) is 4.74 Å². The first-order valence-corrected chi connectivity index (χ1v) is 8.07. The zero-order chi connectivity index (χ0) is 19.3. The minimum Gasteiger partial charge on any atom is -0.477 e. The minimum atomic E-state index is -0.557. The second kappa shape index (κ2) is 8.24. The lowest BCUT2D eigenvalue weighted by Gasteiger charge is -2.10. The minimum absolute atomic E-state index is 0.0401. The molecule has 7 heteroatoms. The zero-order valence-electron chi connectivity index (χ0n) is 15.2. The molecule has 0 aliphatic heterocycles. The fraction of sp³-hybridized carbons (Fsp3) is 0.263. The number of rotatable bonds is 6. The first kappa shape index (κ1) is 19.1. The van der Waals surface area contributed by atoms with Crippen molar-refractivity contribution in [2.45, 2.75) is 27.7 Å². The number of hydrazone groups is 1. The van der Waals surface area contributed by atoms with Crippen LogP contribution in [0, 0.1) is 30.9 Å². The molecule has 2 aromatic rings. The van der Waals surface area contributed by atoms with E-state index < -0.39 is 10.8 Å². The third-order valence-electron chi connectivity index (χ3n) is 4.00. The summed E-state index contributed by atoms with van der Waals surface area (Å²) in [7, 11) is 0. The van der Waals surface area contributed by atoms with Gasteiger partial charge in [0.2, 0.25) is 0 Å². The van der Waals surface area contributed by atoms with E-state index in [9.17, 15) is 14.9 Å². The largest absolute Gasteiger partial charge is 0.477 e. The van der Waals surface area contributed by atoms with E-state index in [1.54, 1.807) is 13.0 Å². The van der Waals surface area contributed by atoms with Gasteiger partial charge in [0.1, 0.15) is 0 Å². The van der Waals surface area contributed by atoms with Gasteiger partial charge in [-0.2, -0.15) is 5.10 Å². The number of para-hydroxylation sites is 2. The topological polar surface area (TPSA) is 93.8 Å². The van der Waals surface area contributed by atoms with Crippen LogP contribution in [-0.4, -0.2) is 23.1 Å². The molecule has 2 rings (SSSR count).